The van der Waals surface area contributed by atoms with Crippen LogP contribution in [0, 0.1) is 5.92 Å². The van der Waals surface area contributed by atoms with E-state index in [9.17, 15) is 9.59 Å². The van der Waals surface area contributed by atoms with Crippen LogP contribution in [0.2, 0.25) is 0 Å². The zero-order valence-corrected chi connectivity index (χ0v) is 13.6. The fourth-order valence-corrected chi connectivity index (χ4v) is 3.13. The SMILES string of the molecule is COC(=O)[C@H](CC(C)C)NC(=O)[C@H]1CCCc2ccccc21. The molecule has 0 heterocycles. The molecule has 120 valence electrons. The molecule has 1 aromatic rings. The average molecular weight is 303 g/mol. The van der Waals surface area contributed by atoms with Crippen molar-refractivity contribution < 1.29 is 14.3 Å². The van der Waals surface area contributed by atoms with E-state index in [0.29, 0.717) is 12.3 Å². The number of fused-ring (bicyclic) bond motifs is 1. The van der Waals surface area contributed by atoms with Gasteiger partial charge in [-0.15, -0.1) is 0 Å². The first kappa shape index (κ1) is 16.5. The summed E-state index contributed by atoms with van der Waals surface area (Å²) in [7, 11) is 1.36. The number of rotatable bonds is 5. The Hall–Kier alpha value is -1.84. The summed E-state index contributed by atoms with van der Waals surface area (Å²) in [6.07, 6.45) is 3.44. The number of ether oxygens (including phenoxy) is 1. The first-order chi connectivity index (χ1) is 10.5. The van der Waals surface area contributed by atoms with Crippen molar-refractivity contribution in [2.24, 2.45) is 5.92 Å². The molecule has 0 aromatic heterocycles. The van der Waals surface area contributed by atoms with Crippen LogP contribution < -0.4 is 5.32 Å². The van der Waals surface area contributed by atoms with Gasteiger partial charge in [0.25, 0.3) is 0 Å². The van der Waals surface area contributed by atoms with Gasteiger partial charge >= 0.3 is 5.97 Å². The minimum absolute atomic E-state index is 0.0665. The lowest BCUT2D eigenvalue weighted by molar-refractivity contribution is -0.145. The normalized spacial score (nSPS) is 18.5. The number of amides is 1. The molecule has 0 bridgehead atoms. The Morgan fingerprint density at radius 2 is 2.05 bits per heavy atom. The van der Waals surface area contributed by atoms with Gasteiger partial charge in [0.05, 0.1) is 13.0 Å². The summed E-state index contributed by atoms with van der Waals surface area (Å²) in [6, 6.07) is 7.52. The van der Waals surface area contributed by atoms with E-state index < -0.39 is 6.04 Å². The van der Waals surface area contributed by atoms with Gasteiger partial charge < -0.3 is 10.1 Å². The summed E-state index contributed by atoms with van der Waals surface area (Å²) in [5.74, 6) is -0.290. The number of esters is 1. The Morgan fingerprint density at radius 3 is 2.73 bits per heavy atom. The van der Waals surface area contributed by atoms with Crippen LogP contribution in [0.15, 0.2) is 24.3 Å². The smallest absolute Gasteiger partial charge is 0.328 e. The molecule has 0 spiro atoms. The third kappa shape index (κ3) is 3.87. The van der Waals surface area contributed by atoms with Crippen molar-refractivity contribution in [1.29, 1.82) is 0 Å². The van der Waals surface area contributed by atoms with Crippen molar-refractivity contribution in [3.05, 3.63) is 35.4 Å². The Bertz CT molecular complexity index is 539. The van der Waals surface area contributed by atoms with Gasteiger partial charge in [-0.2, -0.15) is 0 Å². The average Bonchev–Trinajstić information content (AvgIpc) is 2.52. The molecule has 0 saturated heterocycles. The van der Waals surface area contributed by atoms with Gasteiger partial charge in [0.2, 0.25) is 5.91 Å². The van der Waals surface area contributed by atoms with Crippen LogP contribution >= 0.6 is 0 Å². The third-order valence-electron chi connectivity index (χ3n) is 4.20. The summed E-state index contributed by atoms with van der Waals surface area (Å²) in [6.45, 7) is 4.05. The second-order valence-corrected chi connectivity index (χ2v) is 6.36. The molecular weight excluding hydrogens is 278 g/mol. The van der Waals surface area contributed by atoms with E-state index in [-0.39, 0.29) is 17.8 Å². The highest BCUT2D eigenvalue weighted by molar-refractivity contribution is 5.89. The second kappa shape index (κ2) is 7.43. The summed E-state index contributed by atoms with van der Waals surface area (Å²) in [5, 5.41) is 2.90. The van der Waals surface area contributed by atoms with Gasteiger partial charge in [-0.3, -0.25) is 4.79 Å². The van der Waals surface area contributed by atoms with Crippen LogP contribution in [0.4, 0.5) is 0 Å². The zero-order valence-electron chi connectivity index (χ0n) is 13.6. The highest BCUT2D eigenvalue weighted by Gasteiger charge is 2.30. The molecule has 2 atom stereocenters. The van der Waals surface area contributed by atoms with E-state index in [1.165, 1.54) is 12.7 Å². The number of hydrogen-bond acceptors (Lipinski definition) is 3. The molecule has 0 radical (unpaired) electrons. The van der Waals surface area contributed by atoms with E-state index in [1.54, 1.807) is 0 Å². The third-order valence-corrected chi connectivity index (χ3v) is 4.20. The van der Waals surface area contributed by atoms with E-state index in [4.69, 9.17) is 4.74 Å². The first-order valence-corrected chi connectivity index (χ1v) is 7.99. The second-order valence-electron chi connectivity index (χ2n) is 6.36. The molecule has 4 heteroatoms. The standard InChI is InChI=1S/C18H25NO3/c1-12(2)11-16(18(21)22-3)19-17(20)15-10-6-8-13-7-4-5-9-14(13)15/h4-5,7,9,12,15-16H,6,8,10-11H2,1-3H3,(H,19,20)/t15-,16-/m0/s1. The molecule has 0 fully saturated rings. The van der Waals surface area contributed by atoms with Crippen LogP contribution in [0.1, 0.15) is 50.2 Å². The van der Waals surface area contributed by atoms with Crippen molar-refractivity contribution in [2.45, 2.75) is 51.5 Å². The fraction of sp³-hybridized carbons (Fsp3) is 0.556. The Labute approximate surface area is 132 Å². The number of hydrogen-bond donors (Lipinski definition) is 1. The molecule has 1 amide bonds. The van der Waals surface area contributed by atoms with Gasteiger partial charge in [-0.05, 0) is 42.7 Å². The topological polar surface area (TPSA) is 55.4 Å². The molecule has 1 aliphatic rings. The lowest BCUT2D eigenvalue weighted by Gasteiger charge is -2.27. The number of nitrogens with one attached hydrogen (secondary N) is 1. The van der Waals surface area contributed by atoms with Gasteiger partial charge in [0, 0.05) is 0 Å². The highest BCUT2D eigenvalue weighted by Crippen LogP contribution is 2.31. The van der Waals surface area contributed by atoms with Crippen molar-refractivity contribution >= 4 is 11.9 Å². The molecule has 1 N–H and O–H groups in total. The van der Waals surface area contributed by atoms with Gasteiger partial charge in [0.15, 0.2) is 0 Å². The molecule has 1 aliphatic carbocycles. The van der Waals surface area contributed by atoms with Gasteiger partial charge in [-0.25, -0.2) is 4.79 Å². The minimum Gasteiger partial charge on any atom is -0.467 e. The summed E-state index contributed by atoms with van der Waals surface area (Å²) in [4.78, 5) is 24.5. The number of carbonyl (C=O) groups excluding carboxylic acids is 2. The largest absolute Gasteiger partial charge is 0.467 e. The van der Waals surface area contributed by atoms with Crippen LogP contribution in [0.25, 0.3) is 0 Å². The Morgan fingerprint density at radius 1 is 1.32 bits per heavy atom. The van der Waals surface area contributed by atoms with Gasteiger partial charge in [0.1, 0.15) is 6.04 Å². The Balaban J connectivity index is 2.12. The van der Waals surface area contributed by atoms with Crippen LogP contribution in [0.3, 0.4) is 0 Å². The molecule has 4 nitrogen and oxygen atoms in total. The quantitative estimate of drug-likeness (QED) is 0.851. The zero-order chi connectivity index (χ0) is 16.1. The van der Waals surface area contributed by atoms with Crippen molar-refractivity contribution in [3.8, 4) is 0 Å². The maximum atomic E-state index is 12.7. The molecule has 0 saturated carbocycles. The Kier molecular flexibility index (Phi) is 5.58. The number of benzene rings is 1. The van der Waals surface area contributed by atoms with Crippen LogP contribution in [0.5, 0.6) is 0 Å². The number of carbonyl (C=O) groups is 2. The molecule has 1 aromatic carbocycles. The molecule has 0 unspecified atom stereocenters. The molecule has 0 aliphatic heterocycles. The summed E-state index contributed by atoms with van der Waals surface area (Å²) < 4.78 is 4.82. The highest BCUT2D eigenvalue weighted by atomic mass is 16.5. The van der Waals surface area contributed by atoms with Crippen LogP contribution in [-0.2, 0) is 20.7 Å². The van der Waals surface area contributed by atoms with Crippen molar-refractivity contribution in [2.75, 3.05) is 7.11 Å². The maximum Gasteiger partial charge on any atom is 0.328 e. The monoisotopic (exact) mass is 303 g/mol. The number of methoxy groups -OCH3 is 1. The van der Waals surface area contributed by atoms with Gasteiger partial charge in [-0.1, -0.05) is 38.1 Å². The van der Waals surface area contributed by atoms with E-state index in [2.05, 4.69) is 11.4 Å². The predicted octanol–water partition coefficient (Wildman–Crippen LogP) is 2.81. The molecule has 2 rings (SSSR count). The predicted molar refractivity (Wildman–Crippen MR) is 85.5 cm³/mol. The maximum absolute atomic E-state index is 12.7. The van der Waals surface area contributed by atoms with E-state index in [1.807, 2.05) is 32.0 Å². The lowest BCUT2D eigenvalue weighted by Crippen LogP contribution is -2.44. The minimum atomic E-state index is -0.563. The van der Waals surface area contributed by atoms with E-state index >= 15 is 0 Å². The van der Waals surface area contributed by atoms with E-state index in [0.717, 1.165) is 24.8 Å². The lowest BCUT2D eigenvalue weighted by atomic mass is 9.82. The van der Waals surface area contributed by atoms with Crippen LogP contribution in [-0.4, -0.2) is 25.0 Å². The fourth-order valence-electron chi connectivity index (χ4n) is 3.13. The summed E-state index contributed by atoms with van der Waals surface area (Å²) in [5.41, 5.74) is 2.34. The van der Waals surface area contributed by atoms with Crippen molar-refractivity contribution in [1.82, 2.24) is 5.32 Å². The van der Waals surface area contributed by atoms with Crippen molar-refractivity contribution in [3.63, 3.8) is 0 Å². The first-order valence-electron chi connectivity index (χ1n) is 7.99. The summed E-state index contributed by atoms with van der Waals surface area (Å²) >= 11 is 0. The molecule has 22 heavy (non-hydrogen) atoms. The molecular formula is C18H25NO3. The number of aryl methyl sites for hydroxylation is 1.